The molecule has 1 aliphatic carbocycles. The lowest BCUT2D eigenvalue weighted by atomic mass is 9.93. The number of unbranched alkanes of at least 4 members (excludes halogenated alkanes) is 1. The Morgan fingerprint density at radius 1 is 0.809 bits per heavy atom. The molecule has 9 atom stereocenters. The minimum Gasteiger partial charge on any atom is -0.481 e. The summed E-state index contributed by atoms with van der Waals surface area (Å²) in [5, 5.41) is 46.9. The van der Waals surface area contributed by atoms with E-state index in [2.05, 4.69) is 45.6 Å². The number of aromatic nitrogens is 2. The number of ketones is 1. The van der Waals surface area contributed by atoms with E-state index in [-0.39, 0.29) is 76.9 Å². The number of azide groups is 1. The van der Waals surface area contributed by atoms with Crippen molar-refractivity contribution < 1.29 is 129 Å². The summed E-state index contributed by atoms with van der Waals surface area (Å²) in [5.41, 5.74) is 10.7. The van der Waals surface area contributed by atoms with E-state index in [1.54, 1.807) is 0 Å². The van der Waals surface area contributed by atoms with Gasteiger partial charge in [-0.05, 0) is 40.6 Å². The Hall–Kier alpha value is -7.51. The number of aliphatic hydroxyl groups is 1. The molecular weight excluding hydrogens is 1260 g/mol. The number of Topliss-reactive ketones (excluding diaryl/α,β-unsaturated/α-hetero) is 1. The fourth-order valence-electron chi connectivity index (χ4n) is 8.85. The lowest BCUT2D eigenvalue weighted by Crippen LogP contribution is -2.46. The number of esters is 1. The van der Waals surface area contributed by atoms with Crippen molar-refractivity contribution in [3.63, 3.8) is 0 Å². The SMILES string of the molecule is [N-]=[N+]=NC(COCCOCCOC(=O)CC(CCCCNC(=O)OCC1c2ccccc2-c2ccccc21)C(=O)NC(CC(=O)O)C(=O)CC(CC(=O)O)C(=O)O)OCC#Cc1cn(C2CC(O)C(COP(=O)(O)OP(=O)(O)OP(=O)(O)O)O2)c(=O)[nH]c1=O. The molecule has 36 nitrogen and oxygen atoms in total. The van der Waals surface area contributed by atoms with Gasteiger partial charge in [0.2, 0.25) is 5.91 Å². The monoisotopic (exact) mass is 1320 g/mol. The molecule has 2 aromatic carbocycles. The van der Waals surface area contributed by atoms with Gasteiger partial charge >= 0.3 is 59.1 Å². The molecule has 9 unspecified atom stereocenters. The summed E-state index contributed by atoms with van der Waals surface area (Å²) >= 11 is 0. The van der Waals surface area contributed by atoms with Gasteiger partial charge < -0.3 is 79.1 Å². The maximum absolute atomic E-state index is 13.7. The quantitative estimate of drug-likeness (QED) is 0.00742. The Labute approximate surface area is 502 Å². The molecule has 11 N–H and O–H groups in total. The molecule has 0 spiro atoms. The van der Waals surface area contributed by atoms with E-state index >= 15 is 0 Å². The Kier molecular flexibility index (Phi) is 28.0. The number of aliphatic carboxylic acids is 3. The number of fused-ring (bicyclic) bond motifs is 3. The molecule has 0 radical (unpaired) electrons. The maximum Gasteiger partial charge on any atom is 0.490 e. The average molecular weight is 1320 g/mol. The zero-order chi connectivity index (χ0) is 65.5. The molecule has 89 heavy (non-hydrogen) atoms. The number of aliphatic hydroxyl groups excluding tert-OH is 1. The van der Waals surface area contributed by atoms with Crippen LogP contribution in [-0.2, 0) is 84.0 Å². The number of carbonyl (C=O) groups excluding carboxylic acids is 4. The summed E-state index contributed by atoms with van der Waals surface area (Å²) in [6, 6.07) is 13.7. The van der Waals surface area contributed by atoms with Crippen molar-refractivity contribution in [1.82, 2.24) is 20.2 Å². The molecule has 2 amide bonds. The minimum atomic E-state index is -5.85. The van der Waals surface area contributed by atoms with Crippen LogP contribution in [0.3, 0.4) is 0 Å². The van der Waals surface area contributed by atoms with Gasteiger partial charge in [0, 0.05) is 42.3 Å². The van der Waals surface area contributed by atoms with Crippen LogP contribution in [0.2, 0.25) is 0 Å². The van der Waals surface area contributed by atoms with Gasteiger partial charge in [-0.1, -0.05) is 71.9 Å². The van der Waals surface area contributed by atoms with Crippen molar-refractivity contribution in [3.8, 4) is 23.0 Å². The van der Waals surface area contributed by atoms with Gasteiger partial charge in [0.25, 0.3) is 5.56 Å². The second-order valence-electron chi connectivity index (χ2n) is 19.3. The van der Waals surface area contributed by atoms with E-state index in [9.17, 15) is 82.0 Å². The molecule has 1 saturated heterocycles. The number of hydrogen-bond donors (Lipinski definition) is 11. The van der Waals surface area contributed by atoms with E-state index in [0.717, 1.165) is 33.0 Å². The summed E-state index contributed by atoms with van der Waals surface area (Å²) in [7, 11) is -17.1. The molecule has 39 heteroatoms. The molecule has 2 heterocycles. The third-order valence-corrected chi connectivity index (χ3v) is 16.7. The van der Waals surface area contributed by atoms with Gasteiger partial charge in [-0.25, -0.2) is 23.3 Å². The number of amides is 2. The number of aromatic amines is 1. The predicted molar refractivity (Wildman–Crippen MR) is 296 cm³/mol. The molecule has 0 saturated carbocycles. The highest BCUT2D eigenvalue weighted by Crippen LogP contribution is 2.66. The number of phosphoric acid groups is 3. The van der Waals surface area contributed by atoms with Crippen LogP contribution >= 0.6 is 23.5 Å². The number of H-pyrrole nitrogens is 1. The van der Waals surface area contributed by atoms with Gasteiger partial charge in [-0.2, -0.15) is 8.62 Å². The second-order valence-corrected chi connectivity index (χ2v) is 23.7. The lowest BCUT2D eigenvalue weighted by Gasteiger charge is -2.22. The maximum atomic E-state index is 13.7. The van der Waals surface area contributed by atoms with E-state index in [4.69, 9.17) is 48.8 Å². The van der Waals surface area contributed by atoms with Crippen molar-refractivity contribution >= 4 is 65.1 Å². The number of carboxylic acids is 3. The number of phosphoric ester groups is 1. The van der Waals surface area contributed by atoms with Crippen LogP contribution in [0.25, 0.3) is 21.6 Å². The first-order valence-corrected chi connectivity index (χ1v) is 31.1. The summed E-state index contributed by atoms with van der Waals surface area (Å²) in [4.78, 5) is 154. The minimum absolute atomic E-state index is 0.0510. The summed E-state index contributed by atoms with van der Waals surface area (Å²) < 4.78 is 79.6. The normalized spacial score (nSPS) is 17.9. The molecule has 1 aromatic heterocycles. The fourth-order valence-corrected chi connectivity index (χ4v) is 11.9. The van der Waals surface area contributed by atoms with E-state index in [1.165, 1.54) is 0 Å². The van der Waals surface area contributed by atoms with Crippen LogP contribution in [0, 0.1) is 23.7 Å². The van der Waals surface area contributed by atoms with E-state index in [1.807, 2.05) is 53.5 Å². The van der Waals surface area contributed by atoms with Crippen LogP contribution in [0.4, 0.5) is 4.79 Å². The average Bonchev–Trinajstić information content (AvgIpc) is 3.49. The van der Waals surface area contributed by atoms with Crippen molar-refractivity contribution in [3.05, 3.63) is 103 Å². The molecule has 5 rings (SSSR count). The Bertz CT molecular complexity index is 3370. The third kappa shape index (κ3) is 24.4. The number of hydrogen-bond acceptors (Lipinski definition) is 23. The molecular formula is C50H62N7O29P3. The second kappa shape index (κ2) is 34.5. The number of nitrogens with one attached hydrogen (secondary N) is 3. The van der Waals surface area contributed by atoms with Crippen molar-refractivity contribution in [2.24, 2.45) is 17.0 Å². The first kappa shape index (κ1) is 72.2. The zero-order valence-electron chi connectivity index (χ0n) is 46.6. The standard InChI is InChI=1S/C50H62N7O29P3/c51-56-55-41(80-15-7-9-30-25-57(49(69)54-47(30)66)42-24-39(59)40(84-42)27-83-88(74,75)86-89(76,77)85-87(71,72)73)28-79-17-16-78-18-19-81-45(64)22-29(46(65)53-37(23-44(62)63)38(58)20-31(48(67)68)21-43(60)61)8-5-6-14-52-50(70)82-26-36-34-12-3-1-10-32(34)33-11-2-4-13-35(33)36/h1-4,10-13,25,29,31,36-37,39-42,59H,5-6,8,14-24,26-28H2,(H,52,70)(H,53,65)(H,60,61)(H,62,63)(H,67,68)(H,74,75)(H,76,77)(H,54,66,69)(H2,71,72,73). The van der Waals surface area contributed by atoms with Crippen LogP contribution < -0.4 is 21.9 Å². The summed E-state index contributed by atoms with van der Waals surface area (Å²) in [6.45, 7) is -2.55. The topological polar surface area (TPSA) is 543 Å². The zero-order valence-corrected chi connectivity index (χ0v) is 49.3. The number of alkyl carbamates (subject to hydrolysis) is 1. The molecule has 2 aliphatic rings. The van der Waals surface area contributed by atoms with Crippen LogP contribution in [0.1, 0.15) is 80.2 Å². The number of nitrogens with zero attached hydrogens (tertiary/aromatic N) is 4. The first-order chi connectivity index (χ1) is 42.0. The van der Waals surface area contributed by atoms with Gasteiger partial charge in [0.15, 0.2) is 12.0 Å². The molecule has 486 valence electrons. The van der Waals surface area contributed by atoms with Gasteiger partial charge in [-0.3, -0.25) is 47.6 Å². The smallest absolute Gasteiger partial charge is 0.481 e. The van der Waals surface area contributed by atoms with E-state index < -0.39 is 164 Å². The third-order valence-electron chi connectivity index (χ3n) is 12.9. The number of carboxylic acid groups (broad SMARTS) is 3. The number of ether oxygens (including phenoxy) is 6. The van der Waals surface area contributed by atoms with Crippen LogP contribution in [-0.4, -0.2) is 175 Å². The fraction of sp³-hybridized carbons (Fsp3) is 0.500. The van der Waals surface area contributed by atoms with E-state index in [0.29, 0.717) is 0 Å². The van der Waals surface area contributed by atoms with Crippen molar-refractivity contribution in [2.75, 3.05) is 59.4 Å². The molecule has 1 fully saturated rings. The van der Waals surface area contributed by atoms with Gasteiger partial charge in [-0.15, -0.1) is 0 Å². The Balaban J connectivity index is 1.06. The molecule has 3 aromatic rings. The van der Waals surface area contributed by atoms with Crippen LogP contribution in [0.15, 0.2) is 69.4 Å². The largest absolute Gasteiger partial charge is 0.490 e. The highest BCUT2D eigenvalue weighted by Gasteiger charge is 2.43. The Morgan fingerprint density at radius 2 is 1.46 bits per heavy atom. The highest BCUT2D eigenvalue weighted by atomic mass is 31.3. The highest BCUT2D eigenvalue weighted by molar-refractivity contribution is 7.66. The van der Waals surface area contributed by atoms with Crippen LogP contribution in [0.5, 0.6) is 0 Å². The van der Waals surface area contributed by atoms with Gasteiger partial charge in [0.05, 0.1) is 70.4 Å². The van der Waals surface area contributed by atoms with Crippen molar-refractivity contribution in [1.29, 1.82) is 0 Å². The number of rotatable bonds is 38. The molecule has 1 aliphatic heterocycles. The van der Waals surface area contributed by atoms with Gasteiger partial charge in [0.1, 0.15) is 37.7 Å². The summed E-state index contributed by atoms with van der Waals surface area (Å²) in [5.74, 6) is -6.01. The first-order valence-electron chi connectivity index (χ1n) is 26.6. The summed E-state index contributed by atoms with van der Waals surface area (Å²) in [6.07, 6.45) is -8.98. The number of carbonyl (C=O) groups is 7. The number of benzene rings is 2. The Morgan fingerprint density at radius 3 is 2.10 bits per heavy atom. The lowest BCUT2D eigenvalue weighted by molar-refractivity contribution is -0.150. The molecule has 0 bridgehead atoms. The van der Waals surface area contributed by atoms with Crippen molar-refractivity contribution in [2.45, 2.75) is 88.0 Å². The predicted octanol–water partition coefficient (Wildman–Crippen LogP) is 1.92.